The molecule has 0 spiro atoms. The molecule has 0 aliphatic rings. The molecule has 0 bridgehead atoms. The van der Waals surface area contributed by atoms with E-state index in [1.807, 2.05) is 12.1 Å². The molecule has 0 atom stereocenters. The molecule has 6 rings (SSSR count). The Morgan fingerprint density at radius 1 is 0.571 bits per heavy atom. The monoisotopic (exact) mass is 447 g/mol. The summed E-state index contributed by atoms with van der Waals surface area (Å²) in [4.78, 5) is 1.15. The Kier molecular flexibility index (Phi) is 4.55. The van der Waals surface area contributed by atoms with Crippen LogP contribution in [-0.4, -0.2) is 0 Å². The topological polar surface area (TPSA) is 0 Å². The Hall–Kier alpha value is -2.06. The maximum absolute atomic E-state index is 3.42. The molecule has 0 amide bonds. The van der Waals surface area contributed by atoms with E-state index in [2.05, 4.69) is 84.2 Å². The van der Waals surface area contributed by atoms with Gasteiger partial charge in [0.25, 0.3) is 0 Å². The second kappa shape index (κ2) is 7.08. The smallest absolute Gasteiger partial charge is 0 e. The largest absolute Gasteiger partial charge is 0.290 e. The van der Waals surface area contributed by atoms with Gasteiger partial charge in [-0.15, -0.1) is 22.9 Å². The van der Waals surface area contributed by atoms with Crippen molar-refractivity contribution >= 4 is 54.4 Å². The number of rotatable bonds is 1. The summed E-state index contributed by atoms with van der Waals surface area (Å²) in [6.45, 7) is 0. The maximum Gasteiger partial charge on any atom is 0 e. The first-order valence-electron chi connectivity index (χ1n) is 9.01. The Bertz CT molecular complexity index is 1460. The van der Waals surface area contributed by atoms with E-state index in [1.165, 1.54) is 43.1 Å². The zero-order chi connectivity index (χ0) is 17.8. The maximum atomic E-state index is 3.42. The van der Waals surface area contributed by atoms with Gasteiger partial charge in [-0.05, 0) is 56.6 Å². The minimum atomic E-state index is 0. The predicted octanol–water partition coefficient (Wildman–Crippen LogP) is 7.63. The van der Waals surface area contributed by atoms with E-state index in [-0.39, 0.29) is 32.7 Å². The zero-order valence-corrected chi connectivity index (χ0v) is 18.7. The van der Waals surface area contributed by atoms with Crippen molar-refractivity contribution in [3.8, 4) is 10.4 Å². The number of hydrogen-bond acceptors (Lipinski definition) is 1. The summed E-state index contributed by atoms with van der Waals surface area (Å²) in [5.74, 6) is 0. The molecule has 129 valence electrons. The summed E-state index contributed by atoms with van der Waals surface area (Å²) in [5, 5.41) is 12.2. The average molecular weight is 447 g/mol. The van der Waals surface area contributed by atoms with Crippen LogP contribution in [0.15, 0.2) is 84.2 Å². The van der Waals surface area contributed by atoms with Crippen LogP contribution in [0.5, 0.6) is 0 Å². The molecule has 0 fully saturated rings. The van der Waals surface area contributed by atoms with Gasteiger partial charge in [0.15, 0.2) is 0 Å². The van der Waals surface area contributed by atoms with E-state index in [0.717, 1.165) is 10.4 Å². The summed E-state index contributed by atoms with van der Waals surface area (Å²) in [7, 11) is 0. The first-order chi connectivity index (χ1) is 13.3. The van der Waals surface area contributed by atoms with Crippen LogP contribution in [0.1, 0.15) is 0 Å². The van der Waals surface area contributed by atoms with Gasteiger partial charge >= 0.3 is 0 Å². The summed E-state index contributed by atoms with van der Waals surface area (Å²) in [6.07, 6.45) is 0. The minimum absolute atomic E-state index is 0. The predicted molar refractivity (Wildman–Crippen MR) is 117 cm³/mol. The van der Waals surface area contributed by atoms with Gasteiger partial charge in [0.2, 0.25) is 0 Å². The van der Waals surface area contributed by atoms with Gasteiger partial charge in [0.1, 0.15) is 0 Å². The molecule has 5 aromatic carbocycles. The molecule has 28 heavy (non-hydrogen) atoms. The molecule has 2 heteroatoms. The molecule has 0 N–H and O–H groups in total. The fraction of sp³-hybridized carbons (Fsp3) is 0. The van der Waals surface area contributed by atoms with Gasteiger partial charge in [-0.3, -0.25) is 11.3 Å². The summed E-state index contributed by atoms with van der Waals surface area (Å²) in [5.41, 5.74) is 1.14. The second-order valence-corrected chi connectivity index (χ2v) is 7.85. The standard InChI is InChI=1S/C26H14S.Y/c1-2-6-18-12-21-15-23-16-25-19(7-3-8-24(25)26-9-4-10-27-26)13-22(23)14-20(21)11-17(18)5-1;/h1-7,10-16H;/q-2;. The van der Waals surface area contributed by atoms with Crippen LogP contribution >= 0.6 is 11.3 Å². The van der Waals surface area contributed by atoms with Gasteiger partial charge in [0, 0.05) is 32.7 Å². The summed E-state index contributed by atoms with van der Waals surface area (Å²) >= 11 is 1.71. The second-order valence-electron chi connectivity index (χ2n) is 6.93. The van der Waals surface area contributed by atoms with E-state index in [4.69, 9.17) is 0 Å². The molecule has 1 heterocycles. The molecule has 0 saturated carbocycles. The molecule has 6 aromatic rings. The van der Waals surface area contributed by atoms with Crippen LogP contribution in [-0.2, 0) is 32.7 Å². The molecule has 0 unspecified atom stereocenters. The average Bonchev–Trinajstić information content (AvgIpc) is 3.23. The van der Waals surface area contributed by atoms with Crippen molar-refractivity contribution in [2.24, 2.45) is 0 Å². The Labute approximate surface area is 192 Å². The number of hydrogen-bond donors (Lipinski definition) is 0. The molecule has 1 radical (unpaired) electrons. The third-order valence-electron chi connectivity index (χ3n) is 5.28. The van der Waals surface area contributed by atoms with Crippen LogP contribution in [0.2, 0.25) is 0 Å². The zero-order valence-electron chi connectivity index (χ0n) is 15.1. The van der Waals surface area contributed by atoms with Crippen molar-refractivity contribution < 1.29 is 32.7 Å². The third kappa shape index (κ3) is 2.90. The molecular weight excluding hydrogens is 433 g/mol. The Morgan fingerprint density at radius 2 is 1.18 bits per heavy atom. The molecule has 0 nitrogen and oxygen atoms in total. The fourth-order valence-corrected chi connectivity index (χ4v) is 4.67. The van der Waals surface area contributed by atoms with E-state index < -0.39 is 0 Å². The molecule has 0 aliphatic carbocycles. The molecule has 0 saturated heterocycles. The van der Waals surface area contributed by atoms with Crippen LogP contribution in [0.4, 0.5) is 0 Å². The number of benzene rings is 5. The van der Waals surface area contributed by atoms with E-state index >= 15 is 0 Å². The van der Waals surface area contributed by atoms with Crippen LogP contribution in [0.3, 0.4) is 0 Å². The van der Waals surface area contributed by atoms with Crippen molar-refractivity contribution in [2.45, 2.75) is 0 Å². The van der Waals surface area contributed by atoms with Crippen molar-refractivity contribution in [3.63, 3.8) is 0 Å². The third-order valence-corrected chi connectivity index (χ3v) is 6.11. The first kappa shape index (κ1) is 18.0. The van der Waals surface area contributed by atoms with E-state index in [1.54, 1.807) is 11.3 Å². The van der Waals surface area contributed by atoms with Crippen LogP contribution in [0, 0.1) is 12.1 Å². The van der Waals surface area contributed by atoms with Gasteiger partial charge in [-0.2, -0.15) is 22.4 Å². The van der Waals surface area contributed by atoms with Crippen LogP contribution < -0.4 is 0 Å². The number of fused-ring (bicyclic) bond motifs is 4. The van der Waals surface area contributed by atoms with Crippen molar-refractivity contribution in [3.05, 3.63) is 96.4 Å². The van der Waals surface area contributed by atoms with Gasteiger partial charge in [0.05, 0.1) is 0 Å². The van der Waals surface area contributed by atoms with Gasteiger partial charge in [-0.1, -0.05) is 30.3 Å². The van der Waals surface area contributed by atoms with Crippen molar-refractivity contribution in [1.29, 1.82) is 0 Å². The van der Waals surface area contributed by atoms with Gasteiger partial charge < -0.3 is 0 Å². The molecule has 0 aliphatic heterocycles. The van der Waals surface area contributed by atoms with E-state index in [0.29, 0.717) is 0 Å². The SMILES string of the molecule is [Y].[c-]1ccsc1-c1[c-]ccc2cc3cc4cc5ccccc5cc4cc3cc12. The Balaban J connectivity index is 0.00000171. The van der Waals surface area contributed by atoms with Crippen molar-refractivity contribution in [1.82, 2.24) is 0 Å². The fourth-order valence-electron chi connectivity index (χ4n) is 3.97. The quantitative estimate of drug-likeness (QED) is 0.180. The normalized spacial score (nSPS) is 11.3. The Morgan fingerprint density at radius 3 is 1.82 bits per heavy atom. The minimum Gasteiger partial charge on any atom is -0.290 e. The van der Waals surface area contributed by atoms with Crippen LogP contribution in [0.25, 0.3) is 53.5 Å². The van der Waals surface area contributed by atoms with Crippen molar-refractivity contribution in [2.75, 3.05) is 0 Å². The summed E-state index contributed by atoms with van der Waals surface area (Å²) < 4.78 is 0. The molecule has 1 aromatic heterocycles. The molecular formula is C26H14SY-2. The number of thiophene rings is 1. The first-order valence-corrected chi connectivity index (χ1v) is 9.89. The van der Waals surface area contributed by atoms with E-state index in [9.17, 15) is 0 Å². The summed E-state index contributed by atoms with van der Waals surface area (Å²) in [6, 6.07) is 35.3. The van der Waals surface area contributed by atoms with Gasteiger partial charge in [-0.25, -0.2) is 17.7 Å².